The first-order chi connectivity index (χ1) is 7.93. The average Bonchev–Trinajstić information content (AvgIpc) is 2.95. The highest BCUT2D eigenvalue weighted by Crippen LogP contribution is 2.38. The fourth-order valence-corrected chi connectivity index (χ4v) is 3.11. The van der Waals surface area contributed by atoms with Crippen molar-refractivity contribution < 1.29 is 4.79 Å². The molecular weight excluding hydrogens is 214 g/mol. The summed E-state index contributed by atoms with van der Waals surface area (Å²) in [5, 5.41) is 0. The van der Waals surface area contributed by atoms with Gasteiger partial charge >= 0.3 is 6.03 Å². The van der Waals surface area contributed by atoms with Crippen molar-refractivity contribution >= 4 is 11.9 Å². The molecular formula is C13H23N3O. The molecule has 2 aliphatic rings. The van der Waals surface area contributed by atoms with Crippen molar-refractivity contribution in [3.05, 3.63) is 0 Å². The second-order valence-corrected chi connectivity index (χ2v) is 5.97. The monoisotopic (exact) mass is 237 g/mol. The van der Waals surface area contributed by atoms with E-state index in [4.69, 9.17) is 5.73 Å². The summed E-state index contributed by atoms with van der Waals surface area (Å²) in [5.41, 5.74) is 5.99. The first-order valence-electron chi connectivity index (χ1n) is 6.59. The number of nitrogens with two attached hydrogens (primary N) is 1. The van der Waals surface area contributed by atoms with Gasteiger partial charge in [-0.25, -0.2) is 4.79 Å². The summed E-state index contributed by atoms with van der Waals surface area (Å²) in [6.45, 7) is 8.80. The van der Waals surface area contributed by atoms with Gasteiger partial charge in [-0.1, -0.05) is 27.7 Å². The minimum Gasteiger partial charge on any atom is -0.385 e. The Hall–Kier alpha value is -1.06. The number of carbonyl (C=O) groups is 1. The van der Waals surface area contributed by atoms with Crippen LogP contribution in [0.2, 0.25) is 0 Å². The van der Waals surface area contributed by atoms with Crippen LogP contribution in [-0.2, 0) is 0 Å². The summed E-state index contributed by atoms with van der Waals surface area (Å²) in [7, 11) is 0. The second-order valence-electron chi connectivity index (χ2n) is 5.97. The number of amidine groups is 1. The molecule has 0 spiro atoms. The minimum atomic E-state index is -0.124. The first-order valence-corrected chi connectivity index (χ1v) is 6.59. The van der Waals surface area contributed by atoms with Crippen molar-refractivity contribution in [3.63, 3.8) is 0 Å². The molecule has 1 heterocycles. The molecule has 1 aliphatic carbocycles. The van der Waals surface area contributed by atoms with Gasteiger partial charge in [0.15, 0.2) is 0 Å². The third-order valence-electron chi connectivity index (χ3n) is 3.89. The van der Waals surface area contributed by atoms with Gasteiger partial charge in [0.2, 0.25) is 0 Å². The van der Waals surface area contributed by atoms with E-state index in [-0.39, 0.29) is 12.1 Å². The Balaban J connectivity index is 2.26. The number of hydrogen-bond acceptors (Lipinski definition) is 2. The zero-order valence-corrected chi connectivity index (χ0v) is 11.2. The molecule has 17 heavy (non-hydrogen) atoms. The number of aliphatic imine (C=N–C) groups is 1. The third kappa shape index (κ3) is 2.17. The summed E-state index contributed by atoms with van der Waals surface area (Å²) in [4.78, 5) is 17.8. The minimum absolute atomic E-state index is 0.0231. The maximum Gasteiger partial charge on any atom is 0.346 e. The van der Waals surface area contributed by atoms with Gasteiger partial charge in [-0.15, -0.1) is 0 Å². The van der Waals surface area contributed by atoms with Gasteiger partial charge in [-0.05, 0) is 30.6 Å². The predicted octanol–water partition coefficient (Wildman–Crippen LogP) is 2.24. The molecule has 0 bridgehead atoms. The van der Waals surface area contributed by atoms with E-state index in [1.807, 2.05) is 4.90 Å². The Kier molecular flexibility index (Phi) is 3.15. The van der Waals surface area contributed by atoms with Crippen molar-refractivity contribution in [2.24, 2.45) is 28.5 Å². The highest BCUT2D eigenvalue weighted by Gasteiger charge is 2.47. The lowest BCUT2D eigenvalue weighted by Crippen LogP contribution is -2.49. The molecule has 1 aliphatic heterocycles. The summed E-state index contributed by atoms with van der Waals surface area (Å²) >= 11 is 0. The van der Waals surface area contributed by atoms with E-state index in [1.54, 1.807) is 0 Å². The van der Waals surface area contributed by atoms with Crippen LogP contribution < -0.4 is 5.73 Å². The largest absolute Gasteiger partial charge is 0.385 e. The third-order valence-corrected chi connectivity index (χ3v) is 3.89. The van der Waals surface area contributed by atoms with Crippen LogP contribution in [0, 0.1) is 17.8 Å². The smallest absolute Gasteiger partial charge is 0.346 e. The molecule has 1 fully saturated rings. The zero-order valence-electron chi connectivity index (χ0n) is 11.2. The molecule has 0 aromatic heterocycles. The maximum absolute atomic E-state index is 11.9. The summed E-state index contributed by atoms with van der Waals surface area (Å²) in [5.74, 6) is 1.92. The standard InChI is InChI=1S/C13H23N3O/c1-7(2)10(8(3)4)11-12(14)15-13(17)16(11)9-5-6-9/h7-11H,5-6H2,1-4H3,(H2,14,15,17). The van der Waals surface area contributed by atoms with Gasteiger partial charge in [0.05, 0.1) is 6.04 Å². The fourth-order valence-electron chi connectivity index (χ4n) is 3.11. The molecule has 0 aromatic carbocycles. The van der Waals surface area contributed by atoms with E-state index in [9.17, 15) is 4.79 Å². The molecule has 1 atom stereocenters. The molecule has 1 saturated carbocycles. The van der Waals surface area contributed by atoms with E-state index in [0.717, 1.165) is 12.8 Å². The summed E-state index contributed by atoms with van der Waals surface area (Å²) in [6.07, 6.45) is 2.21. The summed E-state index contributed by atoms with van der Waals surface area (Å²) in [6, 6.07) is 0.286. The lowest BCUT2D eigenvalue weighted by atomic mass is 9.79. The lowest BCUT2D eigenvalue weighted by molar-refractivity contribution is 0.147. The molecule has 4 nitrogen and oxygen atoms in total. The van der Waals surface area contributed by atoms with Gasteiger partial charge < -0.3 is 10.6 Å². The average molecular weight is 237 g/mol. The molecule has 96 valence electrons. The van der Waals surface area contributed by atoms with Gasteiger partial charge in [0.25, 0.3) is 0 Å². The molecule has 0 saturated heterocycles. The van der Waals surface area contributed by atoms with Crippen LogP contribution in [0.1, 0.15) is 40.5 Å². The van der Waals surface area contributed by atoms with Crippen molar-refractivity contribution in [1.29, 1.82) is 0 Å². The number of rotatable bonds is 4. The van der Waals surface area contributed by atoms with E-state index in [0.29, 0.717) is 29.6 Å². The van der Waals surface area contributed by atoms with Crippen molar-refractivity contribution in [1.82, 2.24) is 4.90 Å². The highest BCUT2D eigenvalue weighted by molar-refractivity contribution is 6.03. The van der Waals surface area contributed by atoms with Gasteiger partial charge in [0, 0.05) is 6.04 Å². The Labute approximate surface area is 103 Å². The quantitative estimate of drug-likeness (QED) is 0.815. The van der Waals surface area contributed by atoms with Crippen LogP contribution >= 0.6 is 0 Å². The van der Waals surface area contributed by atoms with E-state index in [1.165, 1.54) is 0 Å². The predicted molar refractivity (Wildman–Crippen MR) is 68.8 cm³/mol. The van der Waals surface area contributed by atoms with E-state index < -0.39 is 0 Å². The van der Waals surface area contributed by atoms with Gasteiger partial charge in [-0.2, -0.15) is 4.99 Å². The Morgan fingerprint density at radius 2 is 1.76 bits per heavy atom. The second kappa shape index (κ2) is 4.31. The maximum atomic E-state index is 11.9. The molecule has 2 rings (SSSR count). The number of amides is 2. The lowest BCUT2D eigenvalue weighted by Gasteiger charge is -2.36. The first kappa shape index (κ1) is 12.4. The van der Waals surface area contributed by atoms with Gasteiger partial charge in [0.1, 0.15) is 5.84 Å². The molecule has 0 radical (unpaired) electrons. The van der Waals surface area contributed by atoms with Crippen LogP contribution in [0.25, 0.3) is 0 Å². The van der Waals surface area contributed by atoms with Crippen LogP contribution in [0.4, 0.5) is 4.79 Å². The summed E-state index contributed by atoms with van der Waals surface area (Å²) < 4.78 is 0. The number of nitrogens with zero attached hydrogens (tertiary/aromatic N) is 2. The van der Waals surface area contributed by atoms with E-state index in [2.05, 4.69) is 32.7 Å². The van der Waals surface area contributed by atoms with Crippen LogP contribution in [0.15, 0.2) is 4.99 Å². The van der Waals surface area contributed by atoms with Crippen molar-refractivity contribution in [2.45, 2.75) is 52.6 Å². The Bertz CT molecular complexity index is 337. The molecule has 2 amide bonds. The SMILES string of the molecule is CC(C)C(C(C)C)C1C(N)=NC(=O)N1C1CC1. The fraction of sp³-hybridized carbons (Fsp3) is 0.846. The van der Waals surface area contributed by atoms with Crippen molar-refractivity contribution in [2.75, 3.05) is 0 Å². The zero-order chi connectivity index (χ0) is 12.7. The molecule has 1 unspecified atom stereocenters. The van der Waals surface area contributed by atoms with Crippen molar-refractivity contribution in [3.8, 4) is 0 Å². The highest BCUT2D eigenvalue weighted by atomic mass is 16.2. The molecule has 4 heteroatoms. The van der Waals surface area contributed by atoms with Crippen LogP contribution in [-0.4, -0.2) is 28.9 Å². The van der Waals surface area contributed by atoms with Crippen LogP contribution in [0.5, 0.6) is 0 Å². The number of hydrogen-bond donors (Lipinski definition) is 1. The van der Waals surface area contributed by atoms with E-state index >= 15 is 0 Å². The van der Waals surface area contributed by atoms with Gasteiger partial charge in [-0.3, -0.25) is 0 Å². The number of urea groups is 1. The van der Waals surface area contributed by atoms with Crippen LogP contribution in [0.3, 0.4) is 0 Å². The molecule has 2 N–H and O–H groups in total. The normalized spacial score (nSPS) is 25.4. The topological polar surface area (TPSA) is 58.7 Å². The molecule has 0 aromatic rings. The Morgan fingerprint density at radius 1 is 1.24 bits per heavy atom. The number of carbonyl (C=O) groups excluding carboxylic acids is 1. The Morgan fingerprint density at radius 3 is 2.18 bits per heavy atom.